The fourth-order valence-corrected chi connectivity index (χ4v) is 2.11. The number of rotatable bonds is 3. The Kier molecular flexibility index (Phi) is 3.48. The van der Waals surface area contributed by atoms with E-state index < -0.39 is 0 Å². The summed E-state index contributed by atoms with van der Waals surface area (Å²) in [6.07, 6.45) is 1.50. The van der Waals surface area contributed by atoms with Crippen LogP contribution in [0, 0.1) is 13.8 Å². The Morgan fingerprint density at radius 2 is 2.11 bits per heavy atom. The first-order chi connectivity index (χ1) is 8.54. The average Bonchev–Trinajstić information content (AvgIpc) is 2.69. The summed E-state index contributed by atoms with van der Waals surface area (Å²) in [5, 5.41) is 4.45. The normalized spacial score (nSPS) is 10.7. The van der Waals surface area contributed by atoms with Crippen molar-refractivity contribution in [3.63, 3.8) is 0 Å². The quantitative estimate of drug-likeness (QED) is 0.800. The predicted molar refractivity (Wildman–Crippen MR) is 70.1 cm³/mol. The number of nitrogens with zero attached hydrogens (tertiary/aromatic N) is 3. The first kappa shape index (κ1) is 12.8. The van der Waals surface area contributed by atoms with Crippen molar-refractivity contribution < 1.29 is 4.79 Å². The lowest BCUT2D eigenvalue weighted by molar-refractivity contribution is 0.102. The van der Waals surface area contributed by atoms with Gasteiger partial charge >= 0.3 is 0 Å². The molecule has 18 heavy (non-hydrogen) atoms. The molecule has 0 saturated heterocycles. The number of pyridine rings is 1. The van der Waals surface area contributed by atoms with Crippen molar-refractivity contribution in [2.75, 3.05) is 0 Å². The lowest BCUT2D eigenvalue weighted by Gasteiger charge is -2.07. The van der Waals surface area contributed by atoms with Crippen LogP contribution in [0.3, 0.4) is 0 Å². The molecule has 4 nitrogen and oxygen atoms in total. The predicted octanol–water partition coefficient (Wildman–Crippen LogP) is 2.80. The maximum absolute atomic E-state index is 12.5. The number of ketones is 1. The van der Waals surface area contributed by atoms with Crippen molar-refractivity contribution in [3.8, 4) is 0 Å². The average molecular weight is 264 g/mol. The molecule has 94 valence electrons. The molecule has 2 heterocycles. The molecule has 0 aliphatic rings. The van der Waals surface area contributed by atoms with Crippen molar-refractivity contribution in [2.45, 2.75) is 27.3 Å². The van der Waals surface area contributed by atoms with Gasteiger partial charge in [-0.05, 0) is 32.9 Å². The van der Waals surface area contributed by atoms with Crippen LogP contribution < -0.4 is 0 Å². The Bertz CT molecular complexity index is 604. The van der Waals surface area contributed by atoms with Crippen molar-refractivity contribution in [3.05, 3.63) is 46.0 Å². The van der Waals surface area contributed by atoms with Crippen molar-refractivity contribution in [1.29, 1.82) is 0 Å². The second-order valence-electron chi connectivity index (χ2n) is 4.07. The molecule has 0 saturated carbocycles. The maximum atomic E-state index is 12.5. The molecule has 0 aromatic carbocycles. The largest absolute Gasteiger partial charge is 0.287 e. The Hall–Kier alpha value is -1.68. The molecule has 0 radical (unpaired) electrons. The second kappa shape index (κ2) is 4.90. The molecule has 0 aliphatic carbocycles. The Morgan fingerprint density at radius 1 is 1.39 bits per heavy atom. The molecule has 0 spiro atoms. The van der Waals surface area contributed by atoms with Gasteiger partial charge in [-0.3, -0.25) is 14.5 Å². The van der Waals surface area contributed by atoms with Gasteiger partial charge in [0.15, 0.2) is 0 Å². The van der Waals surface area contributed by atoms with Gasteiger partial charge in [0, 0.05) is 23.5 Å². The van der Waals surface area contributed by atoms with E-state index in [9.17, 15) is 4.79 Å². The third-order valence-electron chi connectivity index (χ3n) is 2.78. The maximum Gasteiger partial charge on any atom is 0.214 e. The van der Waals surface area contributed by atoms with E-state index in [2.05, 4.69) is 10.1 Å². The van der Waals surface area contributed by atoms with Crippen LogP contribution in [0.4, 0.5) is 0 Å². The van der Waals surface area contributed by atoms with Gasteiger partial charge < -0.3 is 0 Å². The molecule has 5 heteroatoms. The van der Waals surface area contributed by atoms with Gasteiger partial charge in [-0.15, -0.1) is 0 Å². The van der Waals surface area contributed by atoms with Crippen LogP contribution >= 0.6 is 11.6 Å². The van der Waals surface area contributed by atoms with Gasteiger partial charge in [-0.1, -0.05) is 11.6 Å². The molecule has 0 aliphatic heterocycles. The van der Waals surface area contributed by atoms with Gasteiger partial charge in [0.05, 0.1) is 11.2 Å². The standard InChI is InChI=1S/C13H14ClN3O/c1-4-17-12(11(14)7-15-17)13(18)10-6-5-8(2)16-9(10)3/h5-7H,4H2,1-3H3. The summed E-state index contributed by atoms with van der Waals surface area (Å²) in [6.45, 7) is 6.23. The van der Waals surface area contributed by atoms with Crippen molar-refractivity contribution >= 4 is 17.4 Å². The number of carbonyl (C=O) groups excluding carboxylic acids is 1. The first-order valence-corrected chi connectivity index (χ1v) is 6.12. The van der Waals surface area contributed by atoms with Crippen LogP contribution in [0.5, 0.6) is 0 Å². The van der Waals surface area contributed by atoms with Crippen LogP contribution in [-0.4, -0.2) is 20.5 Å². The molecule has 2 aromatic rings. The minimum absolute atomic E-state index is 0.135. The Morgan fingerprint density at radius 3 is 2.72 bits per heavy atom. The van der Waals surface area contributed by atoms with E-state index in [4.69, 9.17) is 11.6 Å². The zero-order valence-electron chi connectivity index (χ0n) is 10.6. The number of aryl methyl sites for hydroxylation is 3. The fourth-order valence-electron chi connectivity index (χ4n) is 1.88. The summed E-state index contributed by atoms with van der Waals surface area (Å²) < 4.78 is 1.60. The zero-order chi connectivity index (χ0) is 13.3. The first-order valence-electron chi connectivity index (χ1n) is 5.74. The van der Waals surface area contributed by atoms with Crippen LogP contribution in [-0.2, 0) is 6.54 Å². The molecule has 0 bridgehead atoms. The SMILES string of the molecule is CCn1ncc(Cl)c1C(=O)c1ccc(C)nc1C. The van der Waals surface area contributed by atoms with E-state index in [0.29, 0.717) is 28.5 Å². The molecular formula is C13H14ClN3O. The third kappa shape index (κ3) is 2.16. The number of halogens is 1. The number of hydrogen-bond donors (Lipinski definition) is 0. The highest BCUT2D eigenvalue weighted by atomic mass is 35.5. The Balaban J connectivity index is 2.51. The summed E-state index contributed by atoms with van der Waals surface area (Å²) in [4.78, 5) is 16.8. The Labute approximate surface area is 111 Å². The highest BCUT2D eigenvalue weighted by Gasteiger charge is 2.20. The minimum Gasteiger partial charge on any atom is -0.287 e. The van der Waals surface area contributed by atoms with Crippen LogP contribution in [0.25, 0.3) is 0 Å². The van der Waals surface area contributed by atoms with Gasteiger partial charge in [-0.2, -0.15) is 5.10 Å². The summed E-state index contributed by atoms with van der Waals surface area (Å²) in [6, 6.07) is 3.60. The van der Waals surface area contributed by atoms with Gasteiger partial charge in [0.1, 0.15) is 5.69 Å². The van der Waals surface area contributed by atoms with Gasteiger partial charge in [0.25, 0.3) is 0 Å². The molecule has 2 aromatic heterocycles. The highest BCUT2D eigenvalue weighted by molar-refractivity contribution is 6.34. The summed E-state index contributed by atoms with van der Waals surface area (Å²) in [5.41, 5.74) is 2.59. The van der Waals surface area contributed by atoms with Crippen LogP contribution in [0.2, 0.25) is 5.02 Å². The molecular weight excluding hydrogens is 250 g/mol. The number of hydrogen-bond acceptors (Lipinski definition) is 3. The topological polar surface area (TPSA) is 47.8 Å². The van der Waals surface area contributed by atoms with E-state index in [1.165, 1.54) is 6.20 Å². The number of carbonyl (C=O) groups is 1. The molecule has 0 atom stereocenters. The zero-order valence-corrected chi connectivity index (χ0v) is 11.3. The molecule has 0 amide bonds. The summed E-state index contributed by atoms with van der Waals surface area (Å²) >= 11 is 6.03. The monoisotopic (exact) mass is 263 g/mol. The van der Waals surface area contributed by atoms with Gasteiger partial charge in [-0.25, -0.2) is 0 Å². The molecule has 2 rings (SSSR count). The van der Waals surface area contributed by atoms with Crippen LogP contribution in [0.15, 0.2) is 18.3 Å². The van der Waals surface area contributed by atoms with E-state index in [1.807, 2.05) is 26.8 Å². The van der Waals surface area contributed by atoms with E-state index in [0.717, 1.165) is 5.69 Å². The van der Waals surface area contributed by atoms with Crippen LogP contribution in [0.1, 0.15) is 34.4 Å². The lowest BCUT2D eigenvalue weighted by Crippen LogP contribution is -2.13. The molecule has 0 N–H and O–H groups in total. The molecule has 0 unspecified atom stereocenters. The van der Waals surface area contributed by atoms with Crippen molar-refractivity contribution in [2.24, 2.45) is 0 Å². The smallest absolute Gasteiger partial charge is 0.214 e. The fraction of sp³-hybridized carbons (Fsp3) is 0.308. The summed E-state index contributed by atoms with van der Waals surface area (Å²) in [5.74, 6) is -0.135. The third-order valence-corrected chi connectivity index (χ3v) is 3.06. The second-order valence-corrected chi connectivity index (χ2v) is 4.48. The van der Waals surface area contributed by atoms with Crippen molar-refractivity contribution in [1.82, 2.24) is 14.8 Å². The molecule has 0 fully saturated rings. The lowest BCUT2D eigenvalue weighted by atomic mass is 10.1. The van der Waals surface area contributed by atoms with E-state index in [1.54, 1.807) is 10.7 Å². The number of aromatic nitrogens is 3. The highest BCUT2D eigenvalue weighted by Crippen LogP contribution is 2.20. The van der Waals surface area contributed by atoms with Gasteiger partial charge in [0.2, 0.25) is 5.78 Å². The minimum atomic E-state index is -0.135. The van der Waals surface area contributed by atoms with E-state index >= 15 is 0 Å². The summed E-state index contributed by atoms with van der Waals surface area (Å²) in [7, 11) is 0. The van der Waals surface area contributed by atoms with E-state index in [-0.39, 0.29) is 5.78 Å².